The standard InChI is InChI=1S/C13H28N2/c1-10(2)13(5)14-6-7-15-8-11(3)12(4)9-15/h10-14H,6-9H2,1-5H3. The fourth-order valence-electron chi connectivity index (χ4n) is 2.12. The maximum atomic E-state index is 3.60. The van der Waals surface area contributed by atoms with Crippen molar-refractivity contribution in [2.45, 2.75) is 40.7 Å². The number of nitrogens with zero attached hydrogens (tertiary/aromatic N) is 1. The Morgan fingerprint density at radius 3 is 2.13 bits per heavy atom. The van der Waals surface area contributed by atoms with Crippen LogP contribution in [0.5, 0.6) is 0 Å². The average molecular weight is 212 g/mol. The third-order valence-electron chi connectivity index (χ3n) is 3.96. The van der Waals surface area contributed by atoms with E-state index in [0.717, 1.165) is 24.3 Å². The van der Waals surface area contributed by atoms with E-state index in [4.69, 9.17) is 0 Å². The van der Waals surface area contributed by atoms with Crippen molar-refractivity contribution in [1.82, 2.24) is 10.2 Å². The largest absolute Gasteiger partial charge is 0.313 e. The minimum atomic E-state index is 0.641. The maximum Gasteiger partial charge on any atom is 0.0107 e. The predicted molar refractivity (Wildman–Crippen MR) is 67.1 cm³/mol. The number of rotatable bonds is 5. The van der Waals surface area contributed by atoms with Crippen LogP contribution in [0, 0.1) is 17.8 Å². The normalized spacial score (nSPS) is 30.0. The fourth-order valence-corrected chi connectivity index (χ4v) is 2.12. The van der Waals surface area contributed by atoms with Crippen molar-refractivity contribution in [2.75, 3.05) is 26.2 Å². The van der Waals surface area contributed by atoms with Gasteiger partial charge in [0.05, 0.1) is 0 Å². The van der Waals surface area contributed by atoms with Gasteiger partial charge in [0.15, 0.2) is 0 Å². The molecule has 0 aromatic rings. The van der Waals surface area contributed by atoms with E-state index >= 15 is 0 Å². The molecule has 0 aromatic heterocycles. The Bertz CT molecular complexity index is 169. The lowest BCUT2D eigenvalue weighted by Gasteiger charge is -2.20. The molecule has 1 N–H and O–H groups in total. The zero-order valence-corrected chi connectivity index (χ0v) is 11.1. The highest BCUT2D eigenvalue weighted by molar-refractivity contribution is 4.79. The SMILES string of the molecule is CC(C)C(C)NCCN1CC(C)C(C)C1. The van der Waals surface area contributed by atoms with E-state index in [1.165, 1.54) is 19.6 Å². The van der Waals surface area contributed by atoms with Crippen molar-refractivity contribution >= 4 is 0 Å². The van der Waals surface area contributed by atoms with Gasteiger partial charge in [-0.2, -0.15) is 0 Å². The van der Waals surface area contributed by atoms with Crippen LogP contribution in [0.25, 0.3) is 0 Å². The summed E-state index contributed by atoms with van der Waals surface area (Å²) in [6, 6.07) is 0.641. The van der Waals surface area contributed by atoms with Crippen LogP contribution in [0.15, 0.2) is 0 Å². The molecule has 1 aliphatic heterocycles. The van der Waals surface area contributed by atoms with Gasteiger partial charge in [0, 0.05) is 32.2 Å². The van der Waals surface area contributed by atoms with Crippen molar-refractivity contribution in [2.24, 2.45) is 17.8 Å². The van der Waals surface area contributed by atoms with Gasteiger partial charge in [0.25, 0.3) is 0 Å². The van der Waals surface area contributed by atoms with Crippen molar-refractivity contribution in [3.8, 4) is 0 Å². The van der Waals surface area contributed by atoms with Crippen LogP contribution in [0.3, 0.4) is 0 Å². The number of hydrogen-bond acceptors (Lipinski definition) is 2. The van der Waals surface area contributed by atoms with Crippen LogP contribution in [0.4, 0.5) is 0 Å². The summed E-state index contributed by atoms with van der Waals surface area (Å²) in [4.78, 5) is 2.59. The predicted octanol–water partition coefficient (Wildman–Crippen LogP) is 2.21. The summed E-state index contributed by atoms with van der Waals surface area (Å²) in [7, 11) is 0. The van der Waals surface area contributed by atoms with Crippen molar-refractivity contribution in [3.63, 3.8) is 0 Å². The molecule has 1 fully saturated rings. The Morgan fingerprint density at radius 2 is 1.67 bits per heavy atom. The molecule has 15 heavy (non-hydrogen) atoms. The summed E-state index contributed by atoms with van der Waals surface area (Å²) < 4.78 is 0. The van der Waals surface area contributed by atoms with E-state index in [1.807, 2.05) is 0 Å². The molecule has 1 aliphatic rings. The van der Waals surface area contributed by atoms with E-state index in [1.54, 1.807) is 0 Å². The number of nitrogens with one attached hydrogen (secondary N) is 1. The number of hydrogen-bond donors (Lipinski definition) is 1. The quantitative estimate of drug-likeness (QED) is 0.751. The second-order valence-electron chi connectivity index (χ2n) is 5.70. The minimum Gasteiger partial charge on any atom is -0.313 e. The van der Waals surface area contributed by atoms with E-state index in [2.05, 4.69) is 44.8 Å². The second-order valence-corrected chi connectivity index (χ2v) is 5.70. The number of likely N-dealkylation sites (tertiary alicyclic amines) is 1. The van der Waals surface area contributed by atoms with Gasteiger partial charge in [-0.25, -0.2) is 0 Å². The summed E-state index contributed by atoms with van der Waals surface area (Å²) in [5.74, 6) is 2.50. The Morgan fingerprint density at radius 1 is 1.13 bits per heavy atom. The molecule has 90 valence electrons. The van der Waals surface area contributed by atoms with E-state index < -0.39 is 0 Å². The zero-order valence-electron chi connectivity index (χ0n) is 11.1. The van der Waals surface area contributed by atoms with Crippen molar-refractivity contribution < 1.29 is 0 Å². The molecule has 2 heteroatoms. The molecule has 1 heterocycles. The Kier molecular flexibility index (Phi) is 5.07. The van der Waals surface area contributed by atoms with E-state index in [-0.39, 0.29) is 0 Å². The third-order valence-corrected chi connectivity index (χ3v) is 3.96. The van der Waals surface area contributed by atoms with Gasteiger partial charge >= 0.3 is 0 Å². The van der Waals surface area contributed by atoms with E-state index in [0.29, 0.717) is 6.04 Å². The molecule has 0 bridgehead atoms. The molecule has 2 nitrogen and oxygen atoms in total. The third kappa shape index (κ3) is 4.12. The van der Waals surface area contributed by atoms with Crippen molar-refractivity contribution in [3.05, 3.63) is 0 Å². The zero-order chi connectivity index (χ0) is 11.4. The van der Waals surface area contributed by atoms with E-state index in [9.17, 15) is 0 Å². The minimum absolute atomic E-state index is 0.641. The highest BCUT2D eigenvalue weighted by Crippen LogP contribution is 2.21. The Balaban J connectivity index is 2.11. The molecule has 0 aliphatic carbocycles. The monoisotopic (exact) mass is 212 g/mol. The summed E-state index contributed by atoms with van der Waals surface area (Å²) in [6.07, 6.45) is 0. The summed E-state index contributed by atoms with van der Waals surface area (Å²) in [5, 5.41) is 3.60. The van der Waals surface area contributed by atoms with Gasteiger partial charge in [-0.15, -0.1) is 0 Å². The average Bonchev–Trinajstić information content (AvgIpc) is 2.46. The fraction of sp³-hybridized carbons (Fsp3) is 1.00. The lowest BCUT2D eigenvalue weighted by Crippen LogP contribution is -2.37. The van der Waals surface area contributed by atoms with Gasteiger partial charge in [-0.1, -0.05) is 27.7 Å². The topological polar surface area (TPSA) is 15.3 Å². The highest BCUT2D eigenvalue weighted by atomic mass is 15.2. The second kappa shape index (κ2) is 5.86. The Hall–Kier alpha value is -0.0800. The molecule has 3 unspecified atom stereocenters. The molecule has 0 saturated carbocycles. The van der Waals surface area contributed by atoms with Crippen LogP contribution in [0.2, 0.25) is 0 Å². The van der Waals surface area contributed by atoms with Gasteiger partial charge in [-0.3, -0.25) is 0 Å². The maximum absolute atomic E-state index is 3.60. The van der Waals surface area contributed by atoms with Crippen LogP contribution < -0.4 is 5.32 Å². The molecule has 0 spiro atoms. The molecule has 0 radical (unpaired) electrons. The molecular weight excluding hydrogens is 184 g/mol. The molecule has 1 rings (SSSR count). The van der Waals surface area contributed by atoms with Gasteiger partial charge in [-0.05, 0) is 24.7 Å². The van der Waals surface area contributed by atoms with Crippen LogP contribution in [-0.4, -0.2) is 37.1 Å². The lowest BCUT2D eigenvalue weighted by molar-refractivity contribution is 0.306. The molecule has 3 atom stereocenters. The molecular formula is C13H28N2. The van der Waals surface area contributed by atoms with Crippen LogP contribution in [-0.2, 0) is 0 Å². The van der Waals surface area contributed by atoms with Gasteiger partial charge in [0.2, 0.25) is 0 Å². The molecule has 0 aromatic carbocycles. The Labute approximate surface area is 95.4 Å². The first-order valence-corrected chi connectivity index (χ1v) is 6.46. The molecule has 1 saturated heterocycles. The first-order valence-electron chi connectivity index (χ1n) is 6.46. The van der Waals surface area contributed by atoms with Crippen LogP contribution in [0.1, 0.15) is 34.6 Å². The van der Waals surface area contributed by atoms with Gasteiger partial charge in [0.1, 0.15) is 0 Å². The van der Waals surface area contributed by atoms with Gasteiger partial charge < -0.3 is 10.2 Å². The first-order chi connectivity index (χ1) is 7.00. The summed E-state index contributed by atoms with van der Waals surface area (Å²) in [5.41, 5.74) is 0. The lowest BCUT2D eigenvalue weighted by atomic mass is 10.0. The summed E-state index contributed by atoms with van der Waals surface area (Å²) in [6.45, 7) is 16.5. The smallest absolute Gasteiger partial charge is 0.0107 e. The van der Waals surface area contributed by atoms with Crippen LogP contribution >= 0.6 is 0 Å². The first kappa shape index (κ1) is 13.0. The summed E-state index contributed by atoms with van der Waals surface area (Å²) >= 11 is 0. The molecule has 0 amide bonds. The highest BCUT2D eigenvalue weighted by Gasteiger charge is 2.25. The van der Waals surface area contributed by atoms with Crippen molar-refractivity contribution in [1.29, 1.82) is 0 Å².